The molecule has 20 heavy (non-hydrogen) atoms. The molecule has 0 radical (unpaired) electrons. The number of benzene rings is 1. The zero-order valence-corrected chi connectivity index (χ0v) is 12.0. The van der Waals surface area contributed by atoms with Crippen LogP contribution in [0.2, 0.25) is 0 Å². The highest BCUT2D eigenvalue weighted by atomic mass is 32.1. The van der Waals surface area contributed by atoms with Crippen molar-refractivity contribution in [3.8, 4) is 6.07 Å². The summed E-state index contributed by atoms with van der Waals surface area (Å²) in [5, 5.41) is 9.24. The van der Waals surface area contributed by atoms with Crippen LogP contribution in [0.1, 0.15) is 23.0 Å². The minimum atomic E-state index is -0.382. The molecule has 104 valence electrons. The van der Waals surface area contributed by atoms with Gasteiger partial charge in [0.1, 0.15) is 10.7 Å². The number of halogens is 1. The maximum atomic E-state index is 13.2. The van der Waals surface area contributed by atoms with Gasteiger partial charge in [-0.2, -0.15) is 5.26 Å². The van der Waals surface area contributed by atoms with E-state index in [4.69, 9.17) is 11.0 Å². The molecule has 0 saturated carbocycles. The summed E-state index contributed by atoms with van der Waals surface area (Å²) in [7, 11) is 1.63. The Hall–Kier alpha value is -2.13. The maximum absolute atomic E-state index is 13.2. The lowest BCUT2D eigenvalue weighted by Gasteiger charge is -2.22. The number of nitriles is 1. The number of carbonyl (C=O) groups excluding carboxylic acids is 1. The molecule has 0 aliphatic heterocycles. The Morgan fingerprint density at radius 2 is 2.30 bits per heavy atom. The highest BCUT2D eigenvalue weighted by Crippen LogP contribution is 2.35. The Labute approximate surface area is 120 Å². The van der Waals surface area contributed by atoms with Crippen molar-refractivity contribution in [3.05, 3.63) is 28.9 Å². The van der Waals surface area contributed by atoms with Crippen LogP contribution < -0.4 is 5.73 Å². The predicted molar refractivity (Wildman–Crippen MR) is 78.0 cm³/mol. The average Bonchev–Trinajstić information content (AvgIpc) is 2.74. The second kappa shape index (κ2) is 5.47. The number of carbonyl (C=O) groups is 1. The monoisotopic (exact) mass is 291 g/mol. The third kappa shape index (κ3) is 2.45. The molecule has 6 heteroatoms. The van der Waals surface area contributed by atoms with E-state index in [1.165, 1.54) is 28.4 Å². The van der Waals surface area contributed by atoms with Crippen LogP contribution in [0.4, 0.5) is 10.1 Å². The van der Waals surface area contributed by atoms with Crippen LogP contribution in [0, 0.1) is 17.1 Å². The van der Waals surface area contributed by atoms with Gasteiger partial charge in [-0.15, -0.1) is 11.3 Å². The van der Waals surface area contributed by atoms with E-state index >= 15 is 0 Å². The van der Waals surface area contributed by atoms with E-state index in [0.29, 0.717) is 16.0 Å². The average molecular weight is 291 g/mol. The normalized spacial score (nSPS) is 12.1. The number of fused-ring (bicyclic) bond motifs is 1. The predicted octanol–water partition coefficient (Wildman–Crippen LogP) is 3.00. The molecular formula is C14H14FN3OS. The molecule has 0 spiro atoms. The van der Waals surface area contributed by atoms with Crippen LogP contribution in [-0.4, -0.2) is 23.9 Å². The lowest BCUT2D eigenvalue weighted by molar-refractivity contribution is 0.0752. The number of nitrogens with two attached hydrogens (primary N) is 1. The van der Waals surface area contributed by atoms with E-state index in [0.717, 1.165) is 4.70 Å². The number of anilines is 1. The van der Waals surface area contributed by atoms with Crippen molar-refractivity contribution in [2.24, 2.45) is 0 Å². The summed E-state index contributed by atoms with van der Waals surface area (Å²) in [5.41, 5.74) is 6.25. The second-order valence-corrected chi connectivity index (χ2v) is 5.66. The lowest BCUT2D eigenvalue weighted by Crippen LogP contribution is -2.34. The third-order valence-electron chi connectivity index (χ3n) is 3.25. The minimum absolute atomic E-state index is 0.200. The Bertz CT molecular complexity index is 704. The van der Waals surface area contributed by atoms with Crippen molar-refractivity contribution in [1.29, 1.82) is 5.26 Å². The molecular weight excluding hydrogens is 277 g/mol. The molecule has 2 N–H and O–H groups in total. The quantitative estimate of drug-likeness (QED) is 0.945. The fourth-order valence-electron chi connectivity index (χ4n) is 1.88. The van der Waals surface area contributed by atoms with Crippen molar-refractivity contribution < 1.29 is 9.18 Å². The summed E-state index contributed by atoms with van der Waals surface area (Å²) in [6.07, 6.45) is 0.252. The molecule has 0 fully saturated rings. The van der Waals surface area contributed by atoms with Gasteiger partial charge in [0.15, 0.2) is 0 Å². The Kier molecular flexibility index (Phi) is 3.91. The molecule has 0 aliphatic carbocycles. The van der Waals surface area contributed by atoms with Gasteiger partial charge < -0.3 is 10.6 Å². The van der Waals surface area contributed by atoms with Crippen molar-refractivity contribution in [2.45, 2.75) is 19.4 Å². The molecule has 0 aliphatic rings. The fraction of sp³-hybridized carbons (Fsp3) is 0.286. The Balaban J connectivity index is 2.40. The summed E-state index contributed by atoms with van der Waals surface area (Å²) in [4.78, 5) is 14.3. The van der Waals surface area contributed by atoms with E-state index in [9.17, 15) is 9.18 Å². The highest BCUT2D eigenvalue weighted by Gasteiger charge is 2.23. The van der Waals surface area contributed by atoms with Crippen LogP contribution in [0.3, 0.4) is 0 Å². The zero-order chi connectivity index (χ0) is 14.9. The van der Waals surface area contributed by atoms with Crippen molar-refractivity contribution in [1.82, 2.24) is 4.90 Å². The maximum Gasteiger partial charge on any atom is 0.266 e. The standard InChI is InChI=1S/C14H14FN3OS/c1-8(5-6-16)18(2)14(19)13-12(17)10-7-9(15)3-4-11(10)20-13/h3-4,7-8H,5,17H2,1-2H3. The topological polar surface area (TPSA) is 70.1 Å². The molecule has 4 nitrogen and oxygen atoms in total. The summed E-state index contributed by atoms with van der Waals surface area (Å²) in [5.74, 6) is -0.626. The molecule has 1 aromatic heterocycles. The van der Waals surface area contributed by atoms with Crippen LogP contribution in [-0.2, 0) is 0 Å². The van der Waals surface area contributed by atoms with E-state index < -0.39 is 0 Å². The first-order chi connectivity index (χ1) is 9.45. The number of hydrogen-bond donors (Lipinski definition) is 1. The first-order valence-corrected chi connectivity index (χ1v) is 6.89. The molecule has 2 aromatic rings. The van der Waals surface area contributed by atoms with Gasteiger partial charge in [0.25, 0.3) is 5.91 Å². The van der Waals surface area contributed by atoms with E-state index in [-0.39, 0.29) is 24.2 Å². The van der Waals surface area contributed by atoms with Crippen LogP contribution in [0.25, 0.3) is 10.1 Å². The van der Waals surface area contributed by atoms with Crippen molar-refractivity contribution in [2.75, 3.05) is 12.8 Å². The molecule has 1 amide bonds. The van der Waals surface area contributed by atoms with Gasteiger partial charge in [0.2, 0.25) is 0 Å². The lowest BCUT2D eigenvalue weighted by atomic mass is 10.2. The number of thiophene rings is 1. The van der Waals surface area contributed by atoms with Crippen molar-refractivity contribution >= 4 is 33.0 Å². The zero-order valence-electron chi connectivity index (χ0n) is 11.2. The summed E-state index contributed by atoms with van der Waals surface area (Å²) >= 11 is 1.24. The molecule has 0 bridgehead atoms. The van der Waals surface area contributed by atoms with Gasteiger partial charge in [-0.1, -0.05) is 0 Å². The summed E-state index contributed by atoms with van der Waals surface area (Å²) in [6, 6.07) is 6.12. The van der Waals surface area contributed by atoms with Gasteiger partial charge >= 0.3 is 0 Å². The fourth-order valence-corrected chi connectivity index (χ4v) is 2.96. The smallest absolute Gasteiger partial charge is 0.266 e. The number of nitrogens with zero attached hydrogens (tertiary/aromatic N) is 2. The molecule has 1 aromatic carbocycles. The number of rotatable bonds is 3. The Morgan fingerprint density at radius 3 is 2.95 bits per heavy atom. The van der Waals surface area contributed by atoms with E-state index in [1.54, 1.807) is 20.0 Å². The third-order valence-corrected chi connectivity index (χ3v) is 4.43. The van der Waals surface area contributed by atoms with Gasteiger partial charge in [0, 0.05) is 23.2 Å². The number of nitrogen functional groups attached to an aromatic ring is 1. The first kappa shape index (κ1) is 14.3. The van der Waals surface area contributed by atoms with Gasteiger partial charge in [-0.05, 0) is 25.1 Å². The second-order valence-electron chi connectivity index (χ2n) is 4.61. The molecule has 0 saturated heterocycles. The van der Waals surface area contributed by atoms with Gasteiger partial charge in [-0.3, -0.25) is 4.79 Å². The van der Waals surface area contributed by atoms with Gasteiger partial charge in [0.05, 0.1) is 18.2 Å². The van der Waals surface area contributed by atoms with Crippen molar-refractivity contribution in [3.63, 3.8) is 0 Å². The van der Waals surface area contributed by atoms with Gasteiger partial charge in [-0.25, -0.2) is 4.39 Å². The molecule has 1 atom stereocenters. The van der Waals surface area contributed by atoms with E-state index in [1.807, 2.05) is 6.07 Å². The molecule has 2 rings (SSSR count). The minimum Gasteiger partial charge on any atom is -0.397 e. The SMILES string of the molecule is CC(CC#N)N(C)C(=O)c1sc2ccc(F)cc2c1N. The molecule has 1 unspecified atom stereocenters. The summed E-state index contributed by atoms with van der Waals surface area (Å²) in [6.45, 7) is 1.80. The van der Waals surface area contributed by atoms with Crippen LogP contribution >= 0.6 is 11.3 Å². The number of amides is 1. The van der Waals surface area contributed by atoms with Crippen LogP contribution in [0.15, 0.2) is 18.2 Å². The Morgan fingerprint density at radius 1 is 1.60 bits per heavy atom. The molecule has 1 heterocycles. The van der Waals surface area contributed by atoms with E-state index in [2.05, 4.69) is 0 Å². The first-order valence-electron chi connectivity index (χ1n) is 6.07. The largest absolute Gasteiger partial charge is 0.397 e. The van der Waals surface area contributed by atoms with Crippen LogP contribution in [0.5, 0.6) is 0 Å². The summed E-state index contributed by atoms with van der Waals surface area (Å²) < 4.78 is 14.0. The number of hydrogen-bond acceptors (Lipinski definition) is 4. The highest BCUT2D eigenvalue weighted by molar-refractivity contribution is 7.21.